The van der Waals surface area contributed by atoms with Crippen molar-refractivity contribution in [1.82, 2.24) is 9.80 Å². The Hall–Kier alpha value is -2.60. The molecule has 2 rings (SSSR count). The molecule has 0 aliphatic rings. The largest absolute Gasteiger partial charge is 0.508 e. The van der Waals surface area contributed by atoms with Crippen molar-refractivity contribution in [3.8, 4) is 5.75 Å². The second-order valence-corrected chi connectivity index (χ2v) is 5.84. The molecular weight excluding hydrogens is 309 g/mol. The zero-order valence-electron chi connectivity index (χ0n) is 13.9. The maximum atomic E-state index is 13.3. The van der Waals surface area contributed by atoms with Gasteiger partial charge in [-0.1, -0.05) is 18.2 Å². The van der Waals surface area contributed by atoms with E-state index in [1.807, 2.05) is 25.1 Å². The molecule has 2 aromatic carbocycles. The minimum Gasteiger partial charge on any atom is -0.508 e. The van der Waals surface area contributed by atoms with Crippen LogP contribution in [0.2, 0.25) is 0 Å². The molecule has 0 radical (unpaired) electrons. The number of hydrogen-bond donors (Lipinski definition) is 2. The predicted octanol–water partition coefficient (Wildman–Crippen LogP) is 3.13. The van der Waals surface area contributed by atoms with Gasteiger partial charge in [-0.15, -0.1) is 0 Å². The number of amides is 2. The molecule has 0 atom stereocenters. The average molecular weight is 331 g/mol. The van der Waals surface area contributed by atoms with Gasteiger partial charge in [0, 0.05) is 25.3 Å². The van der Waals surface area contributed by atoms with Crippen LogP contribution in [0.1, 0.15) is 5.56 Å². The normalized spacial score (nSPS) is 10.7. The van der Waals surface area contributed by atoms with Gasteiger partial charge in [-0.25, -0.2) is 9.18 Å². The van der Waals surface area contributed by atoms with Gasteiger partial charge in [-0.2, -0.15) is 0 Å². The molecule has 5 nitrogen and oxygen atoms in total. The van der Waals surface area contributed by atoms with Gasteiger partial charge in [-0.3, -0.25) is 0 Å². The van der Waals surface area contributed by atoms with Crippen molar-refractivity contribution in [3.63, 3.8) is 0 Å². The average Bonchev–Trinajstić information content (AvgIpc) is 2.51. The number of anilines is 1. The lowest BCUT2D eigenvalue weighted by molar-refractivity contribution is 0.202. The molecule has 24 heavy (non-hydrogen) atoms. The molecule has 0 saturated heterocycles. The van der Waals surface area contributed by atoms with Crippen LogP contribution in [0.3, 0.4) is 0 Å². The summed E-state index contributed by atoms with van der Waals surface area (Å²) < 4.78 is 13.3. The number of likely N-dealkylation sites (N-methyl/N-ethyl adjacent to an activating group) is 1. The van der Waals surface area contributed by atoms with Crippen molar-refractivity contribution in [3.05, 3.63) is 59.9 Å². The van der Waals surface area contributed by atoms with Crippen LogP contribution in [0.5, 0.6) is 5.75 Å². The van der Waals surface area contributed by atoms with E-state index in [9.17, 15) is 14.3 Å². The summed E-state index contributed by atoms with van der Waals surface area (Å²) >= 11 is 0. The zero-order valence-corrected chi connectivity index (χ0v) is 13.9. The van der Waals surface area contributed by atoms with Gasteiger partial charge in [0.1, 0.15) is 11.6 Å². The lowest BCUT2D eigenvalue weighted by Gasteiger charge is -2.25. The summed E-state index contributed by atoms with van der Waals surface area (Å²) in [6.45, 7) is 1.54. The summed E-state index contributed by atoms with van der Waals surface area (Å²) in [5, 5.41) is 12.3. The Bertz CT molecular complexity index is 691. The number of aromatic hydroxyl groups is 1. The summed E-state index contributed by atoms with van der Waals surface area (Å²) in [5.74, 6) is -0.244. The van der Waals surface area contributed by atoms with Crippen LogP contribution in [0.15, 0.2) is 48.5 Å². The Balaban J connectivity index is 2.10. The van der Waals surface area contributed by atoms with Crippen LogP contribution in [-0.4, -0.2) is 48.1 Å². The van der Waals surface area contributed by atoms with Gasteiger partial charge in [-0.05, 0) is 50.0 Å². The van der Waals surface area contributed by atoms with Crippen LogP contribution in [0.25, 0.3) is 0 Å². The molecule has 0 bridgehead atoms. The third-order valence-corrected chi connectivity index (χ3v) is 3.46. The Kier molecular flexibility index (Phi) is 6.14. The van der Waals surface area contributed by atoms with Gasteiger partial charge >= 0.3 is 6.03 Å². The molecule has 0 fully saturated rings. The van der Waals surface area contributed by atoms with E-state index in [0.29, 0.717) is 25.3 Å². The third kappa shape index (κ3) is 5.55. The Labute approximate surface area is 141 Å². The fraction of sp³-hybridized carbons (Fsp3) is 0.278. The SMILES string of the molecule is CN(C)CCN(Cc1cccc(O)c1)C(=O)Nc1cccc(F)c1. The van der Waals surface area contributed by atoms with Crippen molar-refractivity contribution in [2.24, 2.45) is 0 Å². The first-order valence-corrected chi connectivity index (χ1v) is 7.68. The molecule has 2 aromatic rings. The van der Waals surface area contributed by atoms with Crippen molar-refractivity contribution >= 4 is 11.7 Å². The number of phenolic OH excluding ortho intramolecular Hbond substituents is 1. The topological polar surface area (TPSA) is 55.8 Å². The number of benzene rings is 2. The molecule has 0 aromatic heterocycles. The zero-order chi connectivity index (χ0) is 17.5. The standard InChI is InChI=1S/C18H22FN3O2/c1-21(2)9-10-22(13-14-5-3-8-17(23)11-14)18(24)20-16-7-4-6-15(19)12-16/h3-8,11-12,23H,9-10,13H2,1-2H3,(H,20,24). The molecule has 128 valence electrons. The number of carbonyl (C=O) groups excluding carboxylic acids is 1. The van der Waals surface area contributed by atoms with E-state index in [4.69, 9.17) is 0 Å². The van der Waals surface area contributed by atoms with E-state index in [0.717, 1.165) is 5.56 Å². The number of urea groups is 1. The summed E-state index contributed by atoms with van der Waals surface area (Å²) in [6.07, 6.45) is 0. The van der Waals surface area contributed by atoms with E-state index in [1.54, 1.807) is 35.2 Å². The molecule has 0 heterocycles. The number of nitrogens with zero attached hydrogens (tertiary/aromatic N) is 2. The summed E-state index contributed by atoms with van der Waals surface area (Å²) in [7, 11) is 3.86. The van der Waals surface area contributed by atoms with Crippen LogP contribution in [-0.2, 0) is 6.54 Å². The van der Waals surface area contributed by atoms with Crippen molar-refractivity contribution in [2.45, 2.75) is 6.54 Å². The van der Waals surface area contributed by atoms with Crippen molar-refractivity contribution in [2.75, 3.05) is 32.5 Å². The van der Waals surface area contributed by atoms with Gasteiger partial charge in [0.25, 0.3) is 0 Å². The van der Waals surface area contributed by atoms with Gasteiger partial charge < -0.3 is 20.2 Å². The maximum absolute atomic E-state index is 13.3. The van der Waals surface area contributed by atoms with Gasteiger partial charge in [0.15, 0.2) is 0 Å². The number of nitrogens with one attached hydrogen (secondary N) is 1. The fourth-order valence-corrected chi connectivity index (χ4v) is 2.22. The fourth-order valence-electron chi connectivity index (χ4n) is 2.22. The number of halogens is 1. The monoisotopic (exact) mass is 331 g/mol. The number of phenols is 1. The quantitative estimate of drug-likeness (QED) is 0.855. The summed E-state index contributed by atoms with van der Waals surface area (Å²) in [4.78, 5) is 16.1. The highest BCUT2D eigenvalue weighted by Crippen LogP contribution is 2.15. The van der Waals surface area contributed by atoms with Crippen LogP contribution < -0.4 is 5.32 Å². The van der Waals surface area contributed by atoms with E-state index in [1.165, 1.54) is 12.1 Å². The molecular formula is C18H22FN3O2. The lowest BCUT2D eigenvalue weighted by Crippen LogP contribution is -2.39. The van der Waals surface area contributed by atoms with E-state index in [-0.39, 0.29) is 11.8 Å². The highest BCUT2D eigenvalue weighted by molar-refractivity contribution is 5.89. The minimum atomic E-state index is -0.402. The smallest absolute Gasteiger partial charge is 0.322 e. The molecule has 2 amide bonds. The molecule has 2 N–H and O–H groups in total. The highest BCUT2D eigenvalue weighted by atomic mass is 19.1. The van der Waals surface area contributed by atoms with Crippen molar-refractivity contribution < 1.29 is 14.3 Å². The Morgan fingerprint density at radius 3 is 2.54 bits per heavy atom. The first kappa shape index (κ1) is 17.7. The second-order valence-electron chi connectivity index (χ2n) is 5.84. The molecule has 6 heteroatoms. The first-order valence-electron chi connectivity index (χ1n) is 7.68. The van der Waals surface area contributed by atoms with Crippen molar-refractivity contribution in [1.29, 1.82) is 0 Å². The van der Waals surface area contributed by atoms with E-state index >= 15 is 0 Å². The Morgan fingerprint density at radius 2 is 1.88 bits per heavy atom. The number of rotatable bonds is 6. The van der Waals surface area contributed by atoms with Gasteiger partial charge in [0.2, 0.25) is 0 Å². The molecule has 0 unspecified atom stereocenters. The maximum Gasteiger partial charge on any atom is 0.322 e. The molecule has 0 saturated carbocycles. The van der Waals surface area contributed by atoms with Gasteiger partial charge in [0.05, 0.1) is 0 Å². The lowest BCUT2D eigenvalue weighted by atomic mass is 10.2. The second kappa shape index (κ2) is 8.31. The first-order chi connectivity index (χ1) is 11.4. The highest BCUT2D eigenvalue weighted by Gasteiger charge is 2.15. The van der Waals surface area contributed by atoms with Crippen LogP contribution in [0.4, 0.5) is 14.9 Å². The molecule has 0 aliphatic carbocycles. The minimum absolute atomic E-state index is 0.158. The molecule has 0 spiro atoms. The number of hydrogen-bond acceptors (Lipinski definition) is 3. The summed E-state index contributed by atoms with van der Waals surface area (Å²) in [6, 6.07) is 12.3. The third-order valence-electron chi connectivity index (χ3n) is 3.46. The predicted molar refractivity (Wildman–Crippen MR) is 92.5 cm³/mol. The number of carbonyl (C=O) groups is 1. The van der Waals surface area contributed by atoms with Crippen LogP contribution in [0, 0.1) is 5.82 Å². The van der Waals surface area contributed by atoms with Crippen LogP contribution >= 0.6 is 0 Å². The summed E-state index contributed by atoms with van der Waals surface area (Å²) in [5.41, 5.74) is 1.23. The molecule has 0 aliphatic heterocycles. The van der Waals surface area contributed by atoms with E-state index < -0.39 is 5.82 Å². The Morgan fingerprint density at radius 1 is 1.12 bits per heavy atom. The van der Waals surface area contributed by atoms with E-state index in [2.05, 4.69) is 5.32 Å².